The van der Waals surface area contributed by atoms with Crippen molar-refractivity contribution in [3.63, 3.8) is 0 Å². The molecule has 0 atom stereocenters. The number of rotatable bonds is 3. The fourth-order valence-electron chi connectivity index (χ4n) is 2.23. The molecule has 2 aliphatic carbocycles. The molecule has 0 bridgehead atoms. The van der Waals surface area contributed by atoms with E-state index in [-0.39, 0.29) is 0 Å². The summed E-state index contributed by atoms with van der Waals surface area (Å²) in [4.78, 5) is 0. The molecule has 0 heterocycles. The number of thiocarbonyl (C=S) groups is 1. The molecule has 0 aromatic carbocycles. The summed E-state index contributed by atoms with van der Waals surface area (Å²) < 4.78 is 0. The van der Waals surface area contributed by atoms with Gasteiger partial charge in [-0.3, -0.25) is 0 Å². The van der Waals surface area contributed by atoms with Crippen LogP contribution in [-0.2, 0) is 0 Å². The van der Waals surface area contributed by atoms with Crippen molar-refractivity contribution < 1.29 is 0 Å². The Hall–Kier alpha value is -0.310. The third-order valence-corrected chi connectivity index (χ3v) is 3.86. The summed E-state index contributed by atoms with van der Waals surface area (Å²) >= 11 is 5.24. The molecule has 0 aliphatic heterocycles. The van der Waals surface area contributed by atoms with Crippen LogP contribution in [0.5, 0.6) is 0 Å². The summed E-state index contributed by atoms with van der Waals surface area (Å²) in [5, 5.41) is 7.55. The molecule has 0 unspecified atom stereocenters. The molecule has 2 fully saturated rings. The Kier molecular flexibility index (Phi) is 3.84. The first-order valence-corrected chi connectivity index (χ1v) is 6.69. The van der Waals surface area contributed by atoms with E-state index >= 15 is 0 Å². The standard InChI is InChI=1S/C12H22N2S/c1-9-2-4-10(5-3-9)8-13-12(15)14-11-6-7-11/h9-11H,2-8H2,1H3,(H2,13,14,15). The van der Waals surface area contributed by atoms with Gasteiger partial charge in [0.05, 0.1) is 0 Å². The predicted molar refractivity (Wildman–Crippen MR) is 67.9 cm³/mol. The SMILES string of the molecule is CC1CCC(CNC(=S)NC2CC2)CC1. The molecule has 2 saturated carbocycles. The quantitative estimate of drug-likeness (QED) is 0.723. The van der Waals surface area contributed by atoms with Gasteiger partial charge in [-0.2, -0.15) is 0 Å². The van der Waals surface area contributed by atoms with E-state index in [0.29, 0.717) is 6.04 Å². The molecule has 2 aliphatic rings. The number of hydrogen-bond donors (Lipinski definition) is 2. The van der Waals surface area contributed by atoms with Crippen molar-refractivity contribution in [2.24, 2.45) is 11.8 Å². The monoisotopic (exact) mass is 226 g/mol. The van der Waals surface area contributed by atoms with E-state index in [1.165, 1.54) is 38.5 Å². The Bertz CT molecular complexity index is 218. The van der Waals surface area contributed by atoms with Crippen LogP contribution in [-0.4, -0.2) is 17.7 Å². The highest BCUT2D eigenvalue weighted by Crippen LogP contribution is 2.27. The molecule has 2 rings (SSSR count). The maximum absolute atomic E-state index is 5.24. The fourth-order valence-corrected chi connectivity index (χ4v) is 2.48. The first-order chi connectivity index (χ1) is 7.24. The third kappa shape index (κ3) is 3.98. The van der Waals surface area contributed by atoms with Crippen LogP contribution in [0.25, 0.3) is 0 Å². The highest BCUT2D eigenvalue weighted by molar-refractivity contribution is 7.80. The van der Waals surface area contributed by atoms with Crippen molar-refractivity contribution in [2.45, 2.75) is 51.5 Å². The third-order valence-electron chi connectivity index (χ3n) is 3.60. The highest BCUT2D eigenvalue weighted by atomic mass is 32.1. The lowest BCUT2D eigenvalue weighted by molar-refractivity contribution is 0.290. The van der Waals surface area contributed by atoms with Crippen molar-refractivity contribution >= 4 is 17.3 Å². The molecular weight excluding hydrogens is 204 g/mol. The normalized spacial score (nSPS) is 31.0. The molecule has 86 valence electrons. The molecule has 2 nitrogen and oxygen atoms in total. The van der Waals surface area contributed by atoms with Gasteiger partial charge in [0, 0.05) is 12.6 Å². The van der Waals surface area contributed by atoms with Crippen LogP contribution >= 0.6 is 12.2 Å². The van der Waals surface area contributed by atoms with Crippen LogP contribution in [0.1, 0.15) is 45.4 Å². The van der Waals surface area contributed by atoms with Crippen molar-refractivity contribution in [1.82, 2.24) is 10.6 Å². The van der Waals surface area contributed by atoms with E-state index in [0.717, 1.165) is 23.5 Å². The molecule has 0 radical (unpaired) electrons. The second-order valence-corrected chi connectivity index (χ2v) is 5.66. The summed E-state index contributed by atoms with van der Waals surface area (Å²) in [5.74, 6) is 1.79. The average molecular weight is 226 g/mol. The molecule has 2 N–H and O–H groups in total. The maximum Gasteiger partial charge on any atom is 0.166 e. The molecule has 0 aromatic rings. The second kappa shape index (κ2) is 5.15. The van der Waals surface area contributed by atoms with Gasteiger partial charge in [-0.05, 0) is 49.7 Å². The van der Waals surface area contributed by atoms with Gasteiger partial charge < -0.3 is 10.6 Å². The Balaban J connectivity index is 1.58. The molecule has 0 spiro atoms. The number of hydrogen-bond acceptors (Lipinski definition) is 1. The van der Waals surface area contributed by atoms with Crippen LogP contribution in [0.4, 0.5) is 0 Å². The average Bonchev–Trinajstić information content (AvgIpc) is 3.01. The minimum absolute atomic E-state index is 0.677. The Morgan fingerprint density at radius 2 is 1.80 bits per heavy atom. The van der Waals surface area contributed by atoms with E-state index < -0.39 is 0 Å². The van der Waals surface area contributed by atoms with Crippen LogP contribution in [0.15, 0.2) is 0 Å². The van der Waals surface area contributed by atoms with E-state index in [1.54, 1.807) is 0 Å². The van der Waals surface area contributed by atoms with Crippen LogP contribution < -0.4 is 10.6 Å². The molecule has 0 saturated heterocycles. The summed E-state index contributed by atoms with van der Waals surface area (Å²) in [7, 11) is 0. The lowest BCUT2D eigenvalue weighted by atomic mass is 9.83. The van der Waals surface area contributed by atoms with Gasteiger partial charge in [-0.1, -0.05) is 19.8 Å². The zero-order valence-electron chi connectivity index (χ0n) is 9.59. The largest absolute Gasteiger partial charge is 0.362 e. The van der Waals surface area contributed by atoms with Gasteiger partial charge in [0.1, 0.15) is 0 Å². The number of nitrogens with one attached hydrogen (secondary N) is 2. The van der Waals surface area contributed by atoms with Gasteiger partial charge in [0.25, 0.3) is 0 Å². The Morgan fingerprint density at radius 1 is 1.13 bits per heavy atom. The van der Waals surface area contributed by atoms with Crippen molar-refractivity contribution in [3.05, 3.63) is 0 Å². The minimum atomic E-state index is 0.677. The van der Waals surface area contributed by atoms with Crippen molar-refractivity contribution in [1.29, 1.82) is 0 Å². The summed E-state index contributed by atoms with van der Waals surface area (Å²) in [6, 6.07) is 0.677. The molecular formula is C12H22N2S. The van der Waals surface area contributed by atoms with Crippen LogP contribution in [0.3, 0.4) is 0 Å². The maximum atomic E-state index is 5.24. The summed E-state index contributed by atoms with van der Waals surface area (Å²) in [5.41, 5.74) is 0. The van der Waals surface area contributed by atoms with E-state index in [2.05, 4.69) is 17.6 Å². The van der Waals surface area contributed by atoms with E-state index in [1.807, 2.05) is 0 Å². The summed E-state index contributed by atoms with van der Waals surface area (Å²) in [6.07, 6.45) is 8.14. The van der Waals surface area contributed by atoms with Crippen molar-refractivity contribution in [2.75, 3.05) is 6.54 Å². The zero-order valence-corrected chi connectivity index (χ0v) is 10.4. The topological polar surface area (TPSA) is 24.1 Å². The molecule has 0 aromatic heterocycles. The summed E-state index contributed by atoms with van der Waals surface area (Å²) in [6.45, 7) is 3.44. The van der Waals surface area contributed by atoms with Gasteiger partial charge in [0.2, 0.25) is 0 Å². The predicted octanol–water partition coefficient (Wildman–Crippen LogP) is 2.44. The van der Waals surface area contributed by atoms with Gasteiger partial charge in [0.15, 0.2) is 5.11 Å². The molecule has 15 heavy (non-hydrogen) atoms. The molecule has 0 amide bonds. The van der Waals surface area contributed by atoms with Gasteiger partial charge in [-0.15, -0.1) is 0 Å². The first-order valence-electron chi connectivity index (χ1n) is 6.28. The van der Waals surface area contributed by atoms with E-state index in [4.69, 9.17) is 12.2 Å². The second-order valence-electron chi connectivity index (χ2n) is 5.25. The molecule has 3 heteroatoms. The van der Waals surface area contributed by atoms with E-state index in [9.17, 15) is 0 Å². The van der Waals surface area contributed by atoms with Crippen molar-refractivity contribution in [3.8, 4) is 0 Å². The Labute approximate surface area is 98.2 Å². The Morgan fingerprint density at radius 3 is 2.40 bits per heavy atom. The first kappa shape index (κ1) is 11.2. The van der Waals surface area contributed by atoms with Gasteiger partial charge >= 0.3 is 0 Å². The lowest BCUT2D eigenvalue weighted by Gasteiger charge is -2.26. The smallest absolute Gasteiger partial charge is 0.166 e. The highest BCUT2D eigenvalue weighted by Gasteiger charge is 2.22. The van der Waals surface area contributed by atoms with Crippen LogP contribution in [0.2, 0.25) is 0 Å². The van der Waals surface area contributed by atoms with Gasteiger partial charge in [-0.25, -0.2) is 0 Å². The zero-order chi connectivity index (χ0) is 10.7. The lowest BCUT2D eigenvalue weighted by Crippen LogP contribution is -2.39. The fraction of sp³-hybridized carbons (Fsp3) is 0.917. The minimum Gasteiger partial charge on any atom is -0.362 e. The van der Waals surface area contributed by atoms with Crippen LogP contribution in [0, 0.1) is 11.8 Å².